The standard InChI is InChI=1S/C22H32F3N3O5S2/c1-27(19-9-5-4-7-17(19)18-8-6-12-26-18)21(29)13-15-10-11-16(22(23,24)25)14-20(15)28(34(2,30)31)35(3,32)33/h10-11,14,17-19,26H,4-9,12-13H2,1-3H3. The lowest BCUT2D eigenvalue weighted by Gasteiger charge is -2.41. The van der Waals surface area contributed by atoms with Crippen molar-refractivity contribution in [3.8, 4) is 0 Å². The summed E-state index contributed by atoms with van der Waals surface area (Å²) in [4.78, 5) is 14.9. The van der Waals surface area contributed by atoms with E-state index in [1.165, 1.54) is 0 Å². The molecule has 2 aliphatic rings. The van der Waals surface area contributed by atoms with E-state index in [0.717, 1.165) is 57.2 Å². The van der Waals surface area contributed by atoms with E-state index in [-0.39, 0.29) is 21.2 Å². The molecular formula is C22H32F3N3O5S2. The third kappa shape index (κ3) is 6.48. The van der Waals surface area contributed by atoms with Crippen molar-refractivity contribution in [1.29, 1.82) is 0 Å². The van der Waals surface area contributed by atoms with Crippen LogP contribution in [0.25, 0.3) is 0 Å². The van der Waals surface area contributed by atoms with E-state index in [4.69, 9.17) is 0 Å². The number of carbonyl (C=O) groups excluding carboxylic acids is 1. The molecule has 1 saturated heterocycles. The zero-order chi connectivity index (χ0) is 26.2. The van der Waals surface area contributed by atoms with E-state index in [1.54, 1.807) is 11.9 Å². The van der Waals surface area contributed by atoms with Gasteiger partial charge in [-0.1, -0.05) is 18.9 Å². The molecule has 0 radical (unpaired) electrons. The van der Waals surface area contributed by atoms with Crippen molar-refractivity contribution < 1.29 is 34.8 Å². The second-order valence-electron chi connectivity index (χ2n) is 9.46. The summed E-state index contributed by atoms with van der Waals surface area (Å²) in [5.74, 6) is -0.168. The molecule has 2 fully saturated rings. The molecule has 198 valence electrons. The van der Waals surface area contributed by atoms with Crippen LogP contribution < -0.4 is 9.03 Å². The van der Waals surface area contributed by atoms with Crippen LogP contribution in [-0.2, 0) is 37.4 Å². The van der Waals surface area contributed by atoms with Gasteiger partial charge in [0, 0.05) is 19.1 Å². The third-order valence-electron chi connectivity index (χ3n) is 6.84. The zero-order valence-corrected chi connectivity index (χ0v) is 21.6. The molecule has 1 aliphatic carbocycles. The Labute approximate surface area is 205 Å². The largest absolute Gasteiger partial charge is 0.416 e. The summed E-state index contributed by atoms with van der Waals surface area (Å²) >= 11 is 0. The average molecular weight is 540 g/mol. The molecule has 1 aliphatic heterocycles. The summed E-state index contributed by atoms with van der Waals surface area (Å²) in [5.41, 5.74) is -2.02. The molecule has 1 aromatic carbocycles. The van der Waals surface area contributed by atoms with Gasteiger partial charge >= 0.3 is 6.18 Å². The van der Waals surface area contributed by atoms with Crippen LogP contribution in [0.1, 0.15) is 49.7 Å². The molecular weight excluding hydrogens is 507 g/mol. The molecule has 0 spiro atoms. The first kappa shape index (κ1) is 27.7. The number of carbonyl (C=O) groups is 1. The molecule has 35 heavy (non-hydrogen) atoms. The van der Waals surface area contributed by atoms with E-state index >= 15 is 0 Å². The SMILES string of the molecule is CN(C(=O)Cc1ccc(C(F)(F)F)cc1N(S(C)(=O)=O)S(C)(=O)=O)C1CCCCC1C1CCCN1. The fourth-order valence-corrected chi connectivity index (χ4v) is 8.32. The highest BCUT2D eigenvalue weighted by Gasteiger charge is 2.38. The number of benzene rings is 1. The highest BCUT2D eigenvalue weighted by Crippen LogP contribution is 2.37. The summed E-state index contributed by atoms with van der Waals surface area (Å²) in [6.45, 7) is 0.924. The number of amides is 1. The minimum atomic E-state index is -4.83. The number of halogens is 3. The fraction of sp³-hybridized carbons (Fsp3) is 0.682. The predicted molar refractivity (Wildman–Crippen MR) is 127 cm³/mol. The summed E-state index contributed by atoms with van der Waals surface area (Å²) in [6, 6.07) is 2.40. The van der Waals surface area contributed by atoms with Crippen molar-refractivity contribution in [3.63, 3.8) is 0 Å². The molecule has 8 nitrogen and oxygen atoms in total. The summed E-state index contributed by atoms with van der Waals surface area (Å²) in [5, 5.41) is 3.49. The predicted octanol–water partition coefficient (Wildman–Crippen LogP) is 2.74. The first-order valence-electron chi connectivity index (χ1n) is 11.5. The van der Waals surface area contributed by atoms with Gasteiger partial charge < -0.3 is 10.2 Å². The maximum Gasteiger partial charge on any atom is 0.416 e. The van der Waals surface area contributed by atoms with Gasteiger partial charge in [0.05, 0.1) is 30.2 Å². The number of hydrogen-bond acceptors (Lipinski definition) is 6. The number of nitrogens with one attached hydrogen (secondary N) is 1. The number of nitrogens with zero attached hydrogens (tertiary/aromatic N) is 2. The molecule has 1 amide bonds. The minimum Gasteiger partial charge on any atom is -0.342 e. The number of anilines is 1. The minimum absolute atomic E-state index is 0.0380. The van der Waals surface area contributed by atoms with Gasteiger partial charge in [0.1, 0.15) is 0 Å². The normalized spacial score (nSPS) is 23.8. The van der Waals surface area contributed by atoms with E-state index in [9.17, 15) is 34.8 Å². The van der Waals surface area contributed by atoms with E-state index in [1.807, 2.05) is 0 Å². The first-order chi connectivity index (χ1) is 16.1. The summed E-state index contributed by atoms with van der Waals surface area (Å²) in [6.07, 6.45) is 1.75. The fourth-order valence-electron chi connectivity index (χ4n) is 5.30. The van der Waals surface area contributed by atoms with Gasteiger partial charge in [-0.05, 0) is 55.8 Å². The lowest BCUT2D eigenvalue weighted by Crippen LogP contribution is -2.50. The topological polar surface area (TPSA) is 104 Å². The monoisotopic (exact) mass is 539 g/mol. The van der Waals surface area contributed by atoms with E-state index in [0.29, 0.717) is 24.6 Å². The first-order valence-corrected chi connectivity index (χ1v) is 15.2. The van der Waals surface area contributed by atoms with Gasteiger partial charge in [-0.15, -0.1) is 0 Å². The van der Waals surface area contributed by atoms with E-state index < -0.39 is 49.8 Å². The maximum absolute atomic E-state index is 13.4. The average Bonchev–Trinajstić information content (AvgIpc) is 3.26. The highest BCUT2D eigenvalue weighted by molar-refractivity contribution is 8.09. The summed E-state index contributed by atoms with van der Waals surface area (Å²) < 4.78 is 89.4. The number of alkyl halides is 3. The van der Waals surface area contributed by atoms with Crippen molar-refractivity contribution in [3.05, 3.63) is 29.3 Å². The van der Waals surface area contributed by atoms with Crippen molar-refractivity contribution in [2.24, 2.45) is 5.92 Å². The van der Waals surface area contributed by atoms with Crippen molar-refractivity contribution in [2.75, 3.05) is 29.8 Å². The Kier molecular flexibility index (Phi) is 8.12. The molecule has 13 heteroatoms. The highest BCUT2D eigenvalue weighted by atomic mass is 32.3. The number of rotatable bonds is 7. The second kappa shape index (κ2) is 10.3. The van der Waals surface area contributed by atoms with Gasteiger partial charge in [-0.25, -0.2) is 16.8 Å². The molecule has 0 aromatic heterocycles. The van der Waals surface area contributed by atoms with Gasteiger partial charge in [0.25, 0.3) is 0 Å². The van der Waals surface area contributed by atoms with Crippen LogP contribution in [-0.4, -0.2) is 65.8 Å². The maximum atomic E-state index is 13.4. The molecule has 0 bridgehead atoms. The molecule has 1 aromatic rings. The van der Waals surface area contributed by atoms with Crippen molar-refractivity contribution in [2.45, 2.75) is 63.2 Å². The Bertz CT molecular complexity index is 1120. The molecule has 1 saturated carbocycles. The lowest BCUT2D eigenvalue weighted by atomic mass is 9.78. The Morgan fingerprint density at radius 3 is 2.20 bits per heavy atom. The van der Waals surface area contributed by atoms with Gasteiger partial charge in [-0.2, -0.15) is 16.9 Å². The molecule has 3 atom stereocenters. The molecule has 1 N–H and O–H groups in total. The third-order valence-corrected chi connectivity index (χ3v) is 10.1. The Hall–Kier alpha value is -1.86. The lowest BCUT2D eigenvalue weighted by molar-refractivity contribution is -0.137. The van der Waals surface area contributed by atoms with Crippen LogP contribution in [0.3, 0.4) is 0 Å². The van der Waals surface area contributed by atoms with Crippen LogP contribution in [0.5, 0.6) is 0 Å². The number of sulfonamides is 2. The number of hydrogen-bond donors (Lipinski definition) is 1. The van der Waals surface area contributed by atoms with Crippen molar-refractivity contribution in [1.82, 2.24) is 10.2 Å². The molecule has 3 unspecified atom stereocenters. The van der Waals surface area contributed by atoms with Gasteiger partial charge in [0.2, 0.25) is 26.0 Å². The Morgan fingerprint density at radius 1 is 1.03 bits per heavy atom. The zero-order valence-electron chi connectivity index (χ0n) is 20.0. The van der Waals surface area contributed by atoms with Gasteiger partial charge in [0.15, 0.2) is 0 Å². The second-order valence-corrected chi connectivity index (χ2v) is 13.4. The molecule has 1 heterocycles. The van der Waals surface area contributed by atoms with Crippen LogP contribution >= 0.6 is 0 Å². The van der Waals surface area contributed by atoms with E-state index in [2.05, 4.69) is 5.32 Å². The Balaban J connectivity index is 1.97. The summed E-state index contributed by atoms with van der Waals surface area (Å²) in [7, 11) is -7.38. The van der Waals surface area contributed by atoms with Crippen molar-refractivity contribution >= 4 is 31.6 Å². The smallest absolute Gasteiger partial charge is 0.342 e. The number of likely N-dealkylation sites (N-methyl/N-ethyl adjacent to an activating group) is 1. The van der Waals surface area contributed by atoms with Crippen LogP contribution in [0, 0.1) is 5.92 Å². The van der Waals surface area contributed by atoms with Crippen LogP contribution in [0.4, 0.5) is 18.9 Å². The quantitative estimate of drug-likeness (QED) is 0.572. The Morgan fingerprint density at radius 2 is 1.66 bits per heavy atom. The van der Waals surface area contributed by atoms with Gasteiger partial charge in [-0.3, -0.25) is 4.79 Å². The van der Waals surface area contributed by atoms with Crippen LogP contribution in [0.2, 0.25) is 0 Å². The molecule has 3 rings (SSSR count). The van der Waals surface area contributed by atoms with Crippen LogP contribution in [0.15, 0.2) is 18.2 Å².